The zero-order valence-electron chi connectivity index (χ0n) is 9.49. The van der Waals surface area contributed by atoms with E-state index in [2.05, 4.69) is 32.2 Å². The van der Waals surface area contributed by atoms with Crippen molar-refractivity contribution in [1.29, 1.82) is 0 Å². The van der Waals surface area contributed by atoms with Gasteiger partial charge in [0, 0.05) is 18.8 Å². The first-order valence-corrected chi connectivity index (χ1v) is 5.38. The maximum absolute atomic E-state index is 4.33. The molecular formula is C11H15N5. The highest BCUT2D eigenvalue weighted by molar-refractivity contribution is 5.57. The topological polar surface area (TPSA) is 66.5 Å². The summed E-state index contributed by atoms with van der Waals surface area (Å²) in [5.41, 5.74) is 1.68. The standard InChI is InChI=1S/C11H15N5/c1-3-4-12-11-5-9(14-7-15-11)10-6-13-8(2)16-10/h5-7H,3-4H2,1-2H3,(H,13,16)(H,12,14,15). The number of H-pyrrole nitrogens is 1. The van der Waals surface area contributed by atoms with Crippen LogP contribution in [0.5, 0.6) is 0 Å². The molecule has 0 aliphatic heterocycles. The predicted octanol–water partition coefficient (Wildman–Crippen LogP) is 2.00. The van der Waals surface area contributed by atoms with Crippen molar-refractivity contribution in [2.45, 2.75) is 20.3 Å². The molecule has 0 bridgehead atoms. The SMILES string of the molecule is CCCNc1cc(-c2c[nH]c(C)n2)ncn1. The van der Waals surface area contributed by atoms with E-state index in [4.69, 9.17) is 0 Å². The molecule has 16 heavy (non-hydrogen) atoms. The highest BCUT2D eigenvalue weighted by Gasteiger charge is 2.04. The van der Waals surface area contributed by atoms with E-state index in [0.717, 1.165) is 36.0 Å². The molecule has 0 radical (unpaired) electrons. The van der Waals surface area contributed by atoms with Crippen LogP contribution in [0.2, 0.25) is 0 Å². The Labute approximate surface area is 94.4 Å². The van der Waals surface area contributed by atoms with Gasteiger partial charge in [-0.25, -0.2) is 15.0 Å². The average Bonchev–Trinajstić information content (AvgIpc) is 2.74. The number of aromatic amines is 1. The van der Waals surface area contributed by atoms with Gasteiger partial charge < -0.3 is 10.3 Å². The van der Waals surface area contributed by atoms with Crippen LogP contribution in [0.25, 0.3) is 11.4 Å². The van der Waals surface area contributed by atoms with Gasteiger partial charge >= 0.3 is 0 Å². The van der Waals surface area contributed by atoms with Crippen LogP contribution in [0.4, 0.5) is 5.82 Å². The summed E-state index contributed by atoms with van der Waals surface area (Å²) in [7, 11) is 0. The van der Waals surface area contributed by atoms with E-state index in [-0.39, 0.29) is 0 Å². The van der Waals surface area contributed by atoms with E-state index in [9.17, 15) is 0 Å². The normalized spacial score (nSPS) is 10.4. The van der Waals surface area contributed by atoms with Crippen LogP contribution in [-0.4, -0.2) is 26.5 Å². The van der Waals surface area contributed by atoms with Crippen LogP contribution in [0, 0.1) is 6.92 Å². The fourth-order valence-corrected chi connectivity index (χ4v) is 1.40. The summed E-state index contributed by atoms with van der Waals surface area (Å²) in [6, 6.07) is 1.91. The minimum absolute atomic E-state index is 0.831. The second kappa shape index (κ2) is 4.74. The average molecular weight is 217 g/mol. The molecule has 2 heterocycles. The second-order valence-corrected chi connectivity index (χ2v) is 3.59. The highest BCUT2D eigenvalue weighted by atomic mass is 15.0. The number of hydrogen-bond acceptors (Lipinski definition) is 4. The first kappa shape index (κ1) is 10.6. The molecule has 0 saturated heterocycles. The number of aryl methyl sites for hydroxylation is 1. The van der Waals surface area contributed by atoms with Crippen molar-refractivity contribution in [1.82, 2.24) is 19.9 Å². The Balaban J connectivity index is 2.22. The van der Waals surface area contributed by atoms with Gasteiger partial charge in [-0.2, -0.15) is 0 Å². The summed E-state index contributed by atoms with van der Waals surface area (Å²) in [5, 5.41) is 3.22. The molecule has 0 aliphatic carbocycles. The number of anilines is 1. The monoisotopic (exact) mass is 217 g/mol. The number of nitrogens with zero attached hydrogens (tertiary/aromatic N) is 3. The Kier molecular flexibility index (Phi) is 3.14. The molecule has 0 saturated carbocycles. The summed E-state index contributed by atoms with van der Waals surface area (Å²) < 4.78 is 0. The molecule has 0 spiro atoms. The fourth-order valence-electron chi connectivity index (χ4n) is 1.40. The molecule has 2 aromatic rings. The van der Waals surface area contributed by atoms with Crippen molar-refractivity contribution < 1.29 is 0 Å². The van der Waals surface area contributed by atoms with Crippen LogP contribution >= 0.6 is 0 Å². The summed E-state index contributed by atoms with van der Waals surface area (Å²) in [4.78, 5) is 15.7. The third-order valence-corrected chi connectivity index (χ3v) is 2.19. The van der Waals surface area contributed by atoms with Gasteiger partial charge in [0.05, 0.1) is 5.69 Å². The molecule has 0 aromatic carbocycles. The van der Waals surface area contributed by atoms with E-state index < -0.39 is 0 Å². The lowest BCUT2D eigenvalue weighted by atomic mass is 10.3. The lowest BCUT2D eigenvalue weighted by molar-refractivity contribution is 0.965. The Morgan fingerprint density at radius 2 is 2.19 bits per heavy atom. The molecule has 0 amide bonds. The first-order valence-electron chi connectivity index (χ1n) is 5.38. The number of rotatable bonds is 4. The summed E-state index contributed by atoms with van der Waals surface area (Å²) in [6.07, 6.45) is 4.47. The van der Waals surface area contributed by atoms with Gasteiger partial charge in [-0.05, 0) is 13.3 Å². The summed E-state index contributed by atoms with van der Waals surface area (Å²) >= 11 is 0. The highest BCUT2D eigenvalue weighted by Crippen LogP contribution is 2.16. The zero-order valence-corrected chi connectivity index (χ0v) is 9.49. The smallest absolute Gasteiger partial charge is 0.130 e. The Bertz CT molecular complexity index is 463. The van der Waals surface area contributed by atoms with Gasteiger partial charge in [0.25, 0.3) is 0 Å². The van der Waals surface area contributed by atoms with Crippen LogP contribution < -0.4 is 5.32 Å². The maximum atomic E-state index is 4.33. The van der Waals surface area contributed by atoms with Crippen molar-refractivity contribution in [3.63, 3.8) is 0 Å². The van der Waals surface area contributed by atoms with Gasteiger partial charge in [-0.1, -0.05) is 6.92 Å². The zero-order chi connectivity index (χ0) is 11.4. The quantitative estimate of drug-likeness (QED) is 0.822. The Morgan fingerprint density at radius 1 is 1.31 bits per heavy atom. The van der Waals surface area contributed by atoms with Gasteiger partial charge in [-0.15, -0.1) is 0 Å². The molecule has 0 aliphatic rings. The summed E-state index contributed by atoms with van der Waals surface area (Å²) in [5.74, 6) is 1.73. The van der Waals surface area contributed by atoms with Crippen molar-refractivity contribution in [3.05, 3.63) is 24.4 Å². The lowest BCUT2D eigenvalue weighted by Crippen LogP contribution is -2.02. The molecule has 0 fully saturated rings. The Morgan fingerprint density at radius 3 is 2.88 bits per heavy atom. The lowest BCUT2D eigenvalue weighted by Gasteiger charge is -2.03. The largest absolute Gasteiger partial charge is 0.370 e. The van der Waals surface area contributed by atoms with E-state index in [1.807, 2.05) is 19.2 Å². The van der Waals surface area contributed by atoms with Crippen molar-refractivity contribution in [3.8, 4) is 11.4 Å². The minimum Gasteiger partial charge on any atom is -0.370 e. The predicted molar refractivity (Wildman–Crippen MR) is 63.1 cm³/mol. The molecule has 2 aromatic heterocycles. The molecule has 2 N–H and O–H groups in total. The molecule has 5 nitrogen and oxygen atoms in total. The fraction of sp³-hybridized carbons (Fsp3) is 0.364. The molecule has 2 rings (SSSR count). The molecule has 84 valence electrons. The molecule has 0 unspecified atom stereocenters. The van der Waals surface area contributed by atoms with Crippen LogP contribution in [-0.2, 0) is 0 Å². The number of nitrogens with one attached hydrogen (secondary N) is 2. The van der Waals surface area contributed by atoms with E-state index in [1.54, 1.807) is 6.33 Å². The van der Waals surface area contributed by atoms with Gasteiger partial charge in [0.15, 0.2) is 0 Å². The third kappa shape index (κ3) is 2.36. The van der Waals surface area contributed by atoms with Crippen LogP contribution in [0.15, 0.2) is 18.6 Å². The molecular weight excluding hydrogens is 202 g/mol. The molecule has 5 heteroatoms. The first-order chi connectivity index (χ1) is 7.79. The van der Waals surface area contributed by atoms with Gasteiger partial charge in [-0.3, -0.25) is 0 Å². The van der Waals surface area contributed by atoms with Gasteiger partial charge in [0.1, 0.15) is 23.7 Å². The number of imidazole rings is 1. The second-order valence-electron chi connectivity index (χ2n) is 3.59. The van der Waals surface area contributed by atoms with Crippen LogP contribution in [0.3, 0.4) is 0 Å². The van der Waals surface area contributed by atoms with E-state index in [0.29, 0.717) is 0 Å². The van der Waals surface area contributed by atoms with E-state index >= 15 is 0 Å². The van der Waals surface area contributed by atoms with Crippen molar-refractivity contribution in [2.24, 2.45) is 0 Å². The number of hydrogen-bond donors (Lipinski definition) is 2. The Hall–Kier alpha value is -1.91. The summed E-state index contributed by atoms with van der Waals surface area (Å²) in [6.45, 7) is 4.95. The van der Waals surface area contributed by atoms with Gasteiger partial charge in [0.2, 0.25) is 0 Å². The third-order valence-electron chi connectivity index (χ3n) is 2.19. The minimum atomic E-state index is 0.831. The van der Waals surface area contributed by atoms with Crippen molar-refractivity contribution >= 4 is 5.82 Å². The van der Waals surface area contributed by atoms with E-state index in [1.165, 1.54) is 0 Å². The molecule has 0 atom stereocenters. The maximum Gasteiger partial charge on any atom is 0.130 e. The number of aromatic nitrogens is 4. The van der Waals surface area contributed by atoms with Crippen LogP contribution in [0.1, 0.15) is 19.2 Å². The van der Waals surface area contributed by atoms with Crippen molar-refractivity contribution in [2.75, 3.05) is 11.9 Å².